The number of likely N-dealkylation sites (N-methyl/N-ethyl adjacent to an activating group) is 1. The minimum atomic E-state index is -4.47. The van der Waals surface area contributed by atoms with E-state index in [9.17, 15) is 18.0 Å². The highest BCUT2D eigenvalue weighted by Crippen LogP contribution is 2.33. The second-order valence-corrected chi connectivity index (χ2v) is 6.65. The zero-order valence-corrected chi connectivity index (χ0v) is 16.0. The first-order valence-corrected chi connectivity index (χ1v) is 8.59. The van der Waals surface area contributed by atoms with Gasteiger partial charge in [0.2, 0.25) is 0 Å². The lowest BCUT2D eigenvalue weighted by Gasteiger charge is -2.25. The van der Waals surface area contributed by atoms with Crippen molar-refractivity contribution in [2.24, 2.45) is 0 Å². The van der Waals surface area contributed by atoms with Crippen molar-refractivity contribution in [3.63, 3.8) is 0 Å². The van der Waals surface area contributed by atoms with E-state index < -0.39 is 17.6 Å². The van der Waals surface area contributed by atoms with Crippen LogP contribution in [0.5, 0.6) is 0 Å². The van der Waals surface area contributed by atoms with Gasteiger partial charge in [-0.25, -0.2) is 0 Å². The summed E-state index contributed by atoms with van der Waals surface area (Å²) in [5, 5.41) is 2.71. The van der Waals surface area contributed by atoms with Crippen LogP contribution in [0.4, 0.5) is 18.9 Å². The van der Waals surface area contributed by atoms with Crippen molar-refractivity contribution in [3.8, 4) is 0 Å². The molecule has 27 heavy (non-hydrogen) atoms. The van der Waals surface area contributed by atoms with Gasteiger partial charge in [0.05, 0.1) is 5.56 Å². The molecule has 0 spiro atoms. The van der Waals surface area contributed by atoms with Crippen molar-refractivity contribution < 1.29 is 18.0 Å². The van der Waals surface area contributed by atoms with Gasteiger partial charge >= 0.3 is 6.18 Å². The molecule has 2 aromatic rings. The van der Waals surface area contributed by atoms with Gasteiger partial charge in [-0.1, -0.05) is 19.1 Å². The number of nitrogens with one attached hydrogen (secondary N) is 1. The number of nitrogens with zero attached hydrogens (tertiary/aromatic N) is 1. The summed E-state index contributed by atoms with van der Waals surface area (Å²) in [5.74, 6) is -0.540. The van der Waals surface area contributed by atoms with Crippen LogP contribution in [0.15, 0.2) is 36.4 Å². The molecule has 146 valence electrons. The Morgan fingerprint density at radius 1 is 1.15 bits per heavy atom. The number of hydrogen-bond acceptors (Lipinski definition) is 2. The van der Waals surface area contributed by atoms with Gasteiger partial charge in [-0.2, -0.15) is 13.2 Å². The normalized spacial score (nSPS) is 14.3. The summed E-state index contributed by atoms with van der Waals surface area (Å²) in [4.78, 5) is 14.6. The maximum absolute atomic E-state index is 13.2. The van der Waals surface area contributed by atoms with Crippen LogP contribution in [0.25, 0.3) is 0 Å². The highest BCUT2D eigenvalue weighted by molar-refractivity contribution is 6.04. The highest BCUT2D eigenvalue weighted by atomic mass is 35.5. The first-order valence-electron chi connectivity index (χ1n) is 8.59. The molecule has 0 atom stereocenters. The molecule has 0 saturated carbocycles. The van der Waals surface area contributed by atoms with E-state index in [0.29, 0.717) is 5.69 Å². The van der Waals surface area contributed by atoms with Crippen LogP contribution in [0.3, 0.4) is 0 Å². The number of halogens is 4. The number of fused-ring (bicyclic) bond motifs is 1. The molecule has 0 fully saturated rings. The second kappa shape index (κ2) is 8.31. The first kappa shape index (κ1) is 21.3. The highest BCUT2D eigenvalue weighted by Gasteiger charge is 2.33. The van der Waals surface area contributed by atoms with Gasteiger partial charge in [0.25, 0.3) is 5.91 Å². The number of amides is 1. The van der Waals surface area contributed by atoms with Crippen molar-refractivity contribution in [3.05, 3.63) is 64.2 Å². The number of aryl methyl sites for hydroxylation is 1. The third-order valence-corrected chi connectivity index (χ3v) is 4.73. The van der Waals surface area contributed by atoms with Crippen molar-refractivity contribution in [1.82, 2.24) is 4.90 Å². The predicted octanol–water partition coefficient (Wildman–Crippen LogP) is 4.93. The molecule has 0 aliphatic carbocycles. The molecule has 1 N–H and O–H groups in total. The van der Waals surface area contributed by atoms with E-state index in [1.807, 2.05) is 19.2 Å². The lowest BCUT2D eigenvalue weighted by molar-refractivity contribution is -0.138. The Morgan fingerprint density at radius 3 is 2.56 bits per heavy atom. The molecule has 1 heterocycles. The topological polar surface area (TPSA) is 32.3 Å². The molecular weight excluding hydrogens is 377 g/mol. The summed E-state index contributed by atoms with van der Waals surface area (Å²) in [7, 11) is 2.03. The van der Waals surface area contributed by atoms with E-state index in [1.165, 1.54) is 17.7 Å². The standard InChI is InChI=1S/C20H21F3N2O.ClH/c1-3-13-4-5-15(11-18(13)20(21,22)23)19(26)24-17-7-6-14-8-9-25(2)12-16(14)10-17;/h4-7,10-11H,3,8-9,12H2,1-2H3,(H,24,26);1H. The molecule has 0 radical (unpaired) electrons. The third-order valence-electron chi connectivity index (χ3n) is 4.73. The maximum Gasteiger partial charge on any atom is 0.416 e. The van der Waals surface area contributed by atoms with Gasteiger partial charge in [0, 0.05) is 24.3 Å². The van der Waals surface area contributed by atoms with Gasteiger partial charge in [-0.3, -0.25) is 4.79 Å². The first-order chi connectivity index (χ1) is 12.3. The van der Waals surface area contributed by atoms with Gasteiger partial charge < -0.3 is 10.2 Å². The zero-order chi connectivity index (χ0) is 18.9. The molecule has 1 amide bonds. The summed E-state index contributed by atoms with van der Waals surface area (Å²) >= 11 is 0. The Balaban J connectivity index is 0.00000261. The minimum absolute atomic E-state index is 0. The Labute approximate surface area is 163 Å². The minimum Gasteiger partial charge on any atom is -0.322 e. The SMILES string of the molecule is CCc1ccc(C(=O)Nc2ccc3c(c2)CN(C)CC3)cc1C(F)(F)F.Cl. The number of carbonyl (C=O) groups excluding carboxylic acids is 1. The largest absolute Gasteiger partial charge is 0.416 e. The van der Waals surface area contributed by atoms with E-state index in [1.54, 1.807) is 13.0 Å². The molecule has 1 aliphatic heterocycles. The maximum atomic E-state index is 13.2. The van der Waals surface area contributed by atoms with Crippen LogP contribution in [-0.2, 0) is 25.6 Å². The van der Waals surface area contributed by atoms with E-state index in [-0.39, 0.29) is 30.0 Å². The van der Waals surface area contributed by atoms with Crippen molar-refractivity contribution in [2.75, 3.05) is 18.9 Å². The molecular formula is C20H22ClF3N2O. The summed E-state index contributed by atoms with van der Waals surface area (Å²) < 4.78 is 39.6. The lowest BCUT2D eigenvalue weighted by Crippen LogP contribution is -2.26. The van der Waals surface area contributed by atoms with Gasteiger partial charge in [0.15, 0.2) is 0 Å². The fourth-order valence-corrected chi connectivity index (χ4v) is 3.27. The monoisotopic (exact) mass is 398 g/mol. The molecule has 0 aromatic heterocycles. The Hall–Kier alpha value is -2.05. The summed E-state index contributed by atoms with van der Waals surface area (Å²) in [6.07, 6.45) is -3.26. The molecule has 0 bridgehead atoms. The fraction of sp³-hybridized carbons (Fsp3) is 0.350. The predicted molar refractivity (Wildman–Crippen MR) is 103 cm³/mol. The Kier molecular flexibility index (Phi) is 6.54. The fourth-order valence-electron chi connectivity index (χ4n) is 3.27. The average Bonchev–Trinajstić information content (AvgIpc) is 2.60. The van der Waals surface area contributed by atoms with Crippen LogP contribution >= 0.6 is 12.4 Å². The van der Waals surface area contributed by atoms with Crippen molar-refractivity contribution in [2.45, 2.75) is 32.5 Å². The van der Waals surface area contributed by atoms with Gasteiger partial charge in [-0.15, -0.1) is 12.4 Å². The number of anilines is 1. The van der Waals surface area contributed by atoms with Gasteiger partial charge in [0.1, 0.15) is 0 Å². The smallest absolute Gasteiger partial charge is 0.322 e. The summed E-state index contributed by atoms with van der Waals surface area (Å²) in [5.41, 5.74) is 2.41. The van der Waals surface area contributed by atoms with E-state index >= 15 is 0 Å². The lowest BCUT2D eigenvalue weighted by atomic mass is 9.99. The summed E-state index contributed by atoms with van der Waals surface area (Å²) in [6, 6.07) is 9.41. The zero-order valence-electron chi connectivity index (χ0n) is 15.2. The summed E-state index contributed by atoms with van der Waals surface area (Å²) in [6.45, 7) is 3.44. The second-order valence-electron chi connectivity index (χ2n) is 6.65. The molecule has 0 saturated heterocycles. The molecule has 0 unspecified atom stereocenters. The number of rotatable bonds is 3. The quantitative estimate of drug-likeness (QED) is 0.795. The van der Waals surface area contributed by atoms with Crippen LogP contribution < -0.4 is 5.32 Å². The third kappa shape index (κ3) is 4.82. The Bertz CT molecular complexity index is 836. The molecule has 3 rings (SSSR count). The van der Waals surface area contributed by atoms with Crippen LogP contribution in [0.1, 0.15) is 39.5 Å². The number of alkyl halides is 3. The average molecular weight is 399 g/mol. The van der Waals surface area contributed by atoms with E-state index in [0.717, 1.165) is 31.1 Å². The molecule has 1 aliphatic rings. The van der Waals surface area contributed by atoms with E-state index in [4.69, 9.17) is 0 Å². The van der Waals surface area contributed by atoms with Gasteiger partial charge in [-0.05, 0) is 60.8 Å². The number of benzene rings is 2. The van der Waals surface area contributed by atoms with Crippen molar-refractivity contribution >= 4 is 24.0 Å². The van der Waals surface area contributed by atoms with Crippen LogP contribution in [0, 0.1) is 0 Å². The van der Waals surface area contributed by atoms with Crippen LogP contribution in [0.2, 0.25) is 0 Å². The van der Waals surface area contributed by atoms with Crippen molar-refractivity contribution in [1.29, 1.82) is 0 Å². The molecule has 2 aromatic carbocycles. The van der Waals surface area contributed by atoms with Crippen LogP contribution in [-0.4, -0.2) is 24.4 Å². The Morgan fingerprint density at radius 2 is 1.89 bits per heavy atom. The van der Waals surface area contributed by atoms with E-state index in [2.05, 4.69) is 10.2 Å². The number of carbonyl (C=O) groups is 1. The molecule has 7 heteroatoms. The number of hydrogen-bond donors (Lipinski definition) is 1. The molecule has 3 nitrogen and oxygen atoms in total.